The summed E-state index contributed by atoms with van der Waals surface area (Å²) in [5, 5.41) is 0. The van der Waals surface area contributed by atoms with E-state index in [1.807, 2.05) is 11.0 Å². The van der Waals surface area contributed by atoms with Gasteiger partial charge < -0.3 is 4.90 Å². The molecule has 130 valence electrons. The Kier molecular flexibility index (Phi) is 5.11. The van der Waals surface area contributed by atoms with Crippen LogP contribution in [0.3, 0.4) is 0 Å². The van der Waals surface area contributed by atoms with Crippen molar-refractivity contribution in [3.63, 3.8) is 0 Å². The highest BCUT2D eigenvalue weighted by atomic mass is 32.2. The molecule has 5 nitrogen and oxygen atoms in total. The average Bonchev–Trinajstić information content (AvgIpc) is 3.09. The predicted octanol–water partition coefficient (Wildman–Crippen LogP) is 1.60. The van der Waals surface area contributed by atoms with Crippen LogP contribution in [0.4, 0.5) is 0 Å². The van der Waals surface area contributed by atoms with Gasteiger partial charge in [-0.15, -0.1) is 6.58 Å². The Morgan fingerprint density at radius 3 is 2.26 bits per heavy atom. The average molecular weight is 340 g/mol. The second-order valence-electron chi connectivity index (χ2n) is 7.25. The van der Waals surface area contributed by atoms with Crippen molar-refractivity contribution in [1.29, 1.82) is 0 Å². The van der Waals surface area contributed by atoms with Crippen LogP contribution in [0.25, 0.3) is 0 Å². The van der Waals surface area contributed by atoms with Crippen LogP contribution >= 0.6 is 0 Å². The van der Waals surface area contributed by atoms with E-state index in [1.54, 1.807) is 0 Å². The van der Waals surface area contributed by atoms with Gasteiger partial charge in [0.15, 0.2) is 9.84 Å². The summed E-state index contributed by atoms with van der Waals surface area (Å²) < 4.78 is 23.7. The largest absolute Gasteiger partial charge is 0.335 e. The lowest BCUT2D eigenvalue weighted by Crippen LogP contribution is -2.51. The van der Waals surface area contributed by atoms with Crippen molar-refractivity contribution in [2.45, 2.75) is 63.1 Å². The van der Waals surface area contributed by atoms with Gasteiger partial charge in [0.25, 0.3) is 0 Å². The highest BCUT2D eigenvalue weighted by Crippen LogP contribution is 2.31. The summed E-state index contributed by atoms with van der Waals surface area (Å²) in [5.74, 6) is 0.501. The molecule has 6 heteroatoms. The van der Waals surface area contributed by atoms with Crippen LogP contribution < -0.4 is 0 Å². The van der Waals surface area contributed by atoms with Crippen molar-refractivity contribution in [3.05, 3.63) is 12.7 Å². The number of carbonyl (C=O) groups is 1. The molecular formula is C17H28N2O3S. The van der Waals surface area contributed by atoms with E-state index < -0.39 is 9.84 Å². The molecule has 0 N–H and O–H groups in total. The zero-order valence-electron chi connectivity index (χ0n) is 13.8. The van der Waals surface area contributed by atoms with Crippen molar-refractivity contribution in [2.75, 3.05) is 24.6 Å². The van der Waals surface area contributed by atoms with Gasteiger partial charge in [-0.2, -0.15) is 0 Å². The molecule has 3 rings (SSSR count). The Labute approximate surface area is 139 Å². The molecule has 1 amide bonds. The lowest BCUT2D eigenvalue weighted by atomic mass is 10.1. The molecule has 0 aromatic rings. The summed E-state index contributed by atoms with van der Waals surface area (Å²) in [6, 6.07) is 0.639. The van der Waals surface area contributed by atoms with Crippen molar-refractivity contribution in [1.82, 2.24) is 9.80 Å². The lowest BCUT2D eigenvalue weighted by molar-refractivity contribution is -0.137. The quantitative estimate of drug-likeness (QED) is 0.661. The van der Waals surface area contributed by atoms with Gasteiger partial charge in [-0.1, -0.05) is 18.9 Å². The topological polar surface area (TPSA) is 57.7 Å². The Hall–Kier alpha value is -0.880. The van der Waals surface area contributed by atoms with Gasteiger partial charge in [0.1, 0.15) is 0 Å². The van der Waals surface area contributed by atoms with Crippen LogP contribution in [0.2, 0.25) is 0 Å². The highest BCUT2D eigenvalue weighted by Gasteiger charge is 2.40. The molecule has 3 fully saturated rings. The molecule has 23 heavy (non-hydrogen) atoms. The van der Waals surface area contributed by atoms with E-state index in [9.17, 15) is 13.2 Å². The summed E-state index contributed by atoms with van der Waals surface area (Å²) in [4.78, 5) is 17.2. The first-order valence-corrected chi connectivity index (χ1v) is 10.7. The summed E-state index contributed by atoms with van der Waals surface area (Å²) in [6.45, 7) is 4.93. The van der Waals surface area contributed by atoms with Gasteiger partial charge in [-0.25, -0.2) is 8.42 Å². The maximum absolute atomic E-state index is 13.0. The molecule has 1 atom stereocenters. The number of nitrogens with zero attached hydrogens (tertiary/aromatic N) is 2. The first-order valence-electron chi connectivity index (χ1n) is 8.87. The van der Waals surface area contributed by atoms with Crippen LogP contribution in [0.15, 0.2) is 12.7 Å². The Morgan fingerprint density at radius 2 is 1.74 bits per heavy atom. The second kappa shape index (κ2) is 6.93. The van der Waals surface area contributed by atoms with Crippen molar-refractivity contribution in [2.24, 2.45) is 0 Å². The summed E-state index contributed by atoms with van der Waals surface area (Å²) in [6.07, 6.45) is 9.10. The molecule has 1 aliphatic heterocycles. The van der Waals surface area contributed by atoms with Crippen LogP contribution in [0.1, 0.15) is 44.9 Å². The van der Waals surface area contributed by atoms with Crippen LogP contribution in [-0.4, -0.2) is 66.8 Å². The van der Waals surface area contributed by atoms with E-state index in [2.05, 4.69) is 11.5 Å². The third-order valence-corrected chi connectivity index (χ3v) is 7.12. The summed E-state index contributed by atoms with van der Waals surface area (Å²) in [5.41, 5.74) is 0. The third kappa shape index (κ3) is 4.15. The molecule has 0 aromatic carbocycles. The SMILES string of the molecule is C=CCN(CC(=O)N(C1CCCC1)[C@@H]1CCS(=O)(=O)C1)C1CC1. The second-order valence-corrected chi connectivity index (χ2v) is 9.47. The Balaban J connectivity index is 1.71. The van der Waals surface area contributed by atoms with E-state index in [1.165, 1.54) is 0 Å². The molecule has 0 aromatic heterocycles. The van der Waals surface area contributed by atoms with Crippen molar-refractivity contribution in [3.8, 4) is 0 Å². The number of sulfone groups is 1. The monoisotopic (exact) mass is 340 g/mol. The maximum Gasteiger partial charge on any atom is 0.237 e. The fourth-order valence-electron chi connectivity index (χ4n) is 4.09. The molecular weight excluding hydrogens is 312 g/mol. The summed E-state index contributed by atoms with van der Waals surface area (Å²) in [7, 11) is -2.97. The number of amides is 1. The molecule has 2 saturated carbocycles. The zero-order valence-corrected chi connectivity index (χ0v) is 14.6. The molecule has 0 radical (unpaired) electrons. The third-order valence-electron chi connectivity index (χ3n) is 5.37. The minimum Gasteiger partial charge on any atom is -0.335 e. The number of hydrogen-bond acceptors (Lipinski definition) is 4. The molecule has 3 aliphatic rings. The molecule has 2 aliphatic carbocycles. The minimum atomic E-state index is -2.97. The van der Waals surface area contributed by atoms with E-state index >= 15 is 0 Å². The smallest absolute Gasteiger partial charge is 0.237 e. The van der Waals surface area contributed by atoms with E-state index in [4.69, 9.17) is 0 Å². The lowest BCUT2D eigenvalue weighted by Gasteiger charge is -2.35. The highest BCUT2D eigenvalue weighted by molar-refractivity contribution is 7.91. The number of hydrogen-bond donors (Lipinski definition) is 0. The van der Waals surface area contributed by atoms with Gasteiger partial charge in [-0.05, 0) is 32.1 Å². The van der Waals surface area contributed by atoms with E-state index in [0.29, 0.717) is 19.0 Å². The maximum atomic E-state index is 13.0. The van der Waals surface area contributed by atoms with Crippen LogP contribution in [0.5, 0.6) is 0 Å². The van der Waals surface area contributed by atoms with Gasteiger partial charge in [0.05, 0.1) is 18.1 Å². The molecule has 1 heterocycles. The fraction of sp³-hybridized carbons (Fsp3) is 0.824. The van der Waals surface area contributed by atoms with Gasteiger partial charge >= 0.3 is 0 Å². The van der Waals surface area contributed by atoms with Crippen LogP contribution in [-0.2, 0) is 14.6 Å². The Morgan fingerprint density at radius 1 is 1.04 bits per heavy atom. The van der Waals surface area contributed by atoms with Gasteiger partial charge in [-0.3, -0.25) is 9.69 Å². The molecule has 0 bridgehead atoms. The van der Waals surface area contributed by atoms with E-state index in [0.717, 1.165) is 45.1 Å². The van der Waals surface area contributed by atoms with Gasteiger partial charge in [0.2, 0.25) is 5.91 Å². The molecule has 0 spiro atoms. The van der Waals surface area contributed by atoms with Crippen molar-refractivity contribution >= 4 is 15.7 Å². The number of rotatable bonds is 7. The summed E-state index contributed by atoms with van der Waals surface area (Å²) >= 11 is 0. The zero-order chi connectivity index (χ0) is 16.4. The van der Waals surface area contributed by atoms with Gasteiger partial charge in [0, 0.05) is 24.7 Å². The standard InChI is InChI=1S/C17H28N2O3S/c1-2-10-18(14-7-8-14)12-17(20)19(15-5-3-4-6-15)16-9-11-23(21,22)13-16/h2,14-16H,1,3-13H2/t16-/m1/s1. The molecule has 1 saturated heterocycles. The van der Waals surface area contributed by atoms with Crippen molar-refractivity contribution < 1.29 is 13.2 Å². The van der Waals surface area contributed by atoms with E-state index in [-0.39, 0.29) is 29.5 Å². The first-order chi connectivity index (χ1) is 11.0. The normalized spacial score (nSPS) is 27.4. The first kappa shape index (κ1) is 17.0. The minimum absolute atomic E-state index is 0.111. The predicted molar refractivity (Wildman–Crippen MR) is 91.0 cm³/mol. The molecule has 0 unspecified atom stereocenters. The fourth-order valence-corrected chi connectivity index (χ4v) is 5.80. The Bertz CT molecular complexity index is 550. The number of carbonyl (C=O) groups excluding carboxylic acids is 1. The van der Waals surface area contributed by atoms with Crippen LogP contribution in [0, 0.1) is 0 Å².